The van der Waals surface area contributed by atoms with Crippen molar-refractivity contribution in [3.8, 4) is 11.8 Å². The highest BCUT2D eigenvalue weighted by Gasteiger charge is 2.21. The Morgan fingerprint density at radius 1 is 1.29 bits per heavy atom. The SMILES string of the molecule is COc1ccc(/C=C/C(=O)Nc2sc3c(c2C#N)CCCC3)cc1. The second-order valence-corrected chi connectivity index (χ2v) is 6.73. The number of amides is 1. The zero-order valence-electron chi connectivity index (χ0n) is 13.5. The van der Waals surface area contributed by atoms with E-state index < -0.39 is 0 Å². The number of hydrogen-bond acceptors (Lipinski definition) is 4. The summed E-state index contributed by atoms with van der Waals surface area (Å²) in [4.78, 5) is 13.4. The first-order chi connectivity index (χ1) is 11.7. The molecule has 1 aromatic heterocycles. The topological polar surface area (TPSA) is 62.1 Å². The van der Waals surface area contributed by atoms with Gasteiger partial charge in [-0.25, -0.2) is 0 Å². The molecule has 0 aliphatic heterocycles. The Labute approximate surface area is 145 Å². The number of rotatable bonds is 4. The largest absolute Gasteiger partial charge is 0.497 e. The molecule has 5 heteroatoms. The van der Waals surface area contributed by atoms with Crippen LogP contribution < -0.4 is 10.1 Å². The van der Waals surface area contributed by atoms with E-state index in [-0.39, 0.29) is 5.91 Å². The first-order valence-corrected chi connectivity index (χ1v) is 8.70. The molecule has 1 aromatic carbocycles. The number of aryl methyl sites for hydroxylation is 1. The van der Waals surface area contributed by atoms with Gasteiger partial charge in [0.05, 0.1) is 12.7 Å². The highest BCUT2D eigenvalue weighted by atomic mass is 32.1. The molecule has 3 rings (SSSR count). The molecule has 1 aliphatic rings. The molecule has 122 valence electrons. The maximum absolute atomic E-state index is 12.2. The van der Waals surface area contributed by atoms with E-state index in [4.69, 9.17) is 4.74 Å². The molecule has 4 nitrogen and oxygen atoms in total. The van der Waals surface area contributed by atoms with Crippen LogP contribution in [0.15, 0.2) is 30.3 Å². The van der Waals surface area contributed by atoms with Gasteiger partial charge in [0.15, 0.2) is 0 Å². The average molecular weight is 338 g/mol. The summed E-state index contributed by atoms with van der Waals surface area (Å²) >= 11 is 1.54. The first kappa shape index (κ1) is 16.3. The van der Waals surface area contributed by atoms with Crippen LogP contribution in [0.2, 0.25) is 0 Å². The van der Waals surface area contributed by atoms with Gasteiger partial charge in [-0.1, -0.05) is 12.1 Å². The van der Waals surface area contributed by atoms with Crippen molar-refractivity contribution in [2.24, 2.45) is 0 Å². The van der Waals surface area contributed by atoms with E-state index in [1.54, 1.807) is 13.2 Å². The number of thiophene rings is 1. The number of hydrogen-bond donors (Lipinski definition) is 1. The van der Waals surface area contributed by atoms with Gasteiger partial charge in [-0.15, -0.1) is 11.3 Å². The van der Waals surface area contributed by atoms with Crippen LogP contribution in [0.1, 0.15) is 34.4 Å². The number of carbonyl (C=O) groups excluding carboxylic acids is 1. The number of anilines is 1. The summed E-state index contributed by atoms with van der Waals surface area (Å²) in [7, 11) is 1.62. The minimum absolute atomic E-state index is 0.221. The molecule has 0 saturated carbocycles. The summed E-state index contributed by atoms with van der Waals surface area (Å²) in [6.07, 6.45) is 7.45. The summed E-state index contributed by atoms with van der Waals surface area (Å²) in [5.74, 6) is 0.556. The van der Waals surface area contributed by atoms with Gasteiger partial charge in [-0.2, -0.15) is 5.26 Å². The van der Waals surface area contributed by atoms with E-state index in [2.05, 4.69) is 11.4 Å². The Bertz CT molecular complexity index is 813. The lowest BCUT2D eigenvalue weighted by molar-refractivity contribution is -0.111. The van der Waals surface area contributed by atoms with Gasteiger partial charge < -0.3 is 10.1 Å². The lowest BCUT2D eigenvalue weighted by Gasteiger charge is -2.09. The van der Waals surface area contributed by atoms with E-state index in [0.29, 0.717) is 10.6 Å². The minimum atomic E-state index is -0.221. The Morgan fingerprint density at radius 2 is 2.04 bits per heavy atom. The van der Waals surface area contributed by atoms with Crippen molar-refractivity contribution in [1.29, 1.82) is 5.26 Å². The number of benzene rings is 1. The fraction of sp³-hybridized carbons (Fsp3) is 0.263. The average Bonchev–Trinajstić information content (AvgIpc) is 2.97. The Hall–Kier alpha value is -2.58. The van der Waals surface area contributed by atoms with Gasteiger partial charge in [0, 0.05) is 11.0 Å². The molecular formula is C19H18N2O2S. The monoisotopic (exact) mass is 338 g/mol. The fourth-order valence-corrected chi connectivity index (χ4v) is 4.06. The maximum atomic E-state index is 12.2. The van der Waals surface area contributed by atoms with Gasteiger partial charge in [0.1, 0.15) is 16.8 Å². The van der Waals surface area contributed by atoms with Crippen LogP contribution in [0.3, 0.4) is 0 Å². The van der Waals surface area contributed by atoms with E-state index in [1.165, 1.54) is 22.3 Å². The molecule has 0 unspecified atom stereocenters. The third-order valence-electron chi connectivity index (χ3n) is 4.06. The molecule has 0 bridgehead atoms. The molecule has 0 saturated heterocycles. The summed E-state index contributed by atoms with van der Waals surface area (Å²) in [5, 5.41) is 12.9. The summed E-state index contributed by atoms with van der Waals surface area (Å²) in [6, 6.07) is 9.71. The number of methoxy groups -OCH3 is 1. The number of nitrogens with zero attached hydrogens (tertiary/aromatic N) is 1. The van der Waals surface area contributed by atoms with Crippen molar-refractivity contribution in [3.05, 3.63) is 51.9 Å². The van der Waals surface area contributed by atoms with Crippen LogP contribution >= 0.6 is 11.3 Å². The second-order valence-electron chi connectivity index (χ2n) is 5.62. The highest BCUT2D eigenvalue weighted by molar-refractivity contribution is 7.16. The molecule has 1 amide bonds. The standard InChI is InChI=1S/C19H18N2O2S/c1-23-14-9-6-13(7-10-14)8-11-18(22)21-19-16(12-20)15-4-2-3-5-17(15)24-19/h6-11H,2-5H2,1H3,(H,21,22)/b11-8+. The Kier molecular flexibility index (Phi) is 4.97. The fourth-order valence-electron chi connectivity index (χ4n) is 2.81. The number of fused-ring (bicyclic) bond motifs is 1. The van der Waals surface area contributed by atoms with Crippen molar-refractivity contribution < 1.29 is 9.53 Å². The first-order valence-electron chi connectivity index (χ1n) is 7.89. The van der Waals surface area contributed by atoms with Crippen LogP contribution in [0.5, 0.6) is 5.75 Å². The molecule has 1 aliphatic carbocycles. The molecule has 0 atom stereocenters. The van der Waals surface area contributed by atoms with E-state index in [9.17, 15) is 10.1 Å². The molecule has 0 fully saturated rings. The van der Waals surface area contributed by atoms with Crippen LogP contribution in [-0.4, -0.2) is 13.0 Å². The summed E-state index contributed by atoms with van der Waals surface area (Å²) in [6.45, 7) is 0. The second kappa shape index (κ2) is 7.33. The van der Waals surface area contributed by atoms with Gasteiger partial charge >= 0.3 is 0 Å². The maximum Gasteiger partial charge on any atom is 0.249 e. The van der Waals surface area contributed by atoms with Gasteiger partial charge in [-0.05, 0) is 55.0 Å². The molecule has 0 radical (unpaired) electrons. The lowest BCUT2D eigenvalue weighted by atomic mass is 9.96. The summed E-state index contributed by atoms with van der Waals surface area (Å²) < 4.78 is 5.11. The molecule has 2 aromatic rings. The molecular weight excluding hydrogens is 320 g/mol. The Morgan fingerprint density at radius 3 is 2.75 bits per heavy atom. The normalized spacial score (nSPS) is 13.3. The molecule has 24 heavy (non-hydrogen) atoms. The van der Waals surface area contributed by atoms with Gasteiger partial charge in [0.25, 0.3) is 0 Å². The number of nitriles is 1. The lowest BCUT2D eigenvalue weighted by Crippen LogP contribution is -2.07. The predicted molar refractivity (Wildman–Crippen MR) is 96.3 cm³/mol. The highest BCUT2D eigenvalue weighted by Crippen LogP contribution is 2.37. The van der Waals surface area contributed by atoms with Crippen molar-refractivity contribution in [3.63, 3.8) is 0 Å². The van der Waals surface area contributed by atoms with E-state index >= 15 is 0 Å². The third kappa shape index (κ3) is 3.50. The number of nitrogens with one attached hydrogen (secondary N) is 1. The molecule has 1 N–H and O–H groups in total. The smallest absolute Gasteiger partial charge is 0.249 e. The van der Waals surface area contributed by atoms with Crippen LogP contribution in [0.4, 0.5) is 5.00 Å². The minimum Gasteiger partial charge on any atom is -0.497 e. The molecule has 1 heterocycles. The third-order valence-corrected chi connectivity index (χ3v) is 5.27. The van der Waals surface area contributed by atoms with Gasteiger partial charge in [0.2, 0.25) is 5.91 Å². The van der Waals surface area contributed by atoms with Crippen LogP contribution in [0, 0.1) is 11.3 Å². The van der Waals surface area contributed by atoms with Crippen LogP contribution in [0.25, 0.3) is 6.08 Å². The van der Waals surface area contributed by atoms with Crippen LogP contribution in [-0.2, 0) is 17.6 Å². The zero-order chi connectivity index (χ0) is 16.9. The molecule has 0 spiro atoms. The van der Waals surface area contributed by atoms with Crippen molar-refractivity contribution in [2.45, 2.75) is 25.7 Å². The predicted octanol–water partition coefficient (Wildman–Crippen LogP) is 4.16. The van der Waals surface area contributed by atoms with Crippen molar-refractivity contribution in [2.75, 3.05) is 12.4 Å². The van der Waals surface area contributed by atoms with E-state index in [0.717, 1.165) is 42.6 Å². The Balaban J connectivity index is 1.71. The summed E-state index contributed by atoms with van der Waals surface area (Å²) in [5.41, 5.74) is 2.68. The van der Waals surface area contributed by atoms with E-state index in [1.807, 2.05) is 24.3 Å². The van der Waals surface area contributed by atoms with Gasteiger partial charge in [-0.3, -0.25) is 4.79 Å². The van der Waals surface area contributed by atoms with Crippen molar-refractivity contribution >= 4 is 28.3 Å². The van der Waals surface area contributed by atoms with Crippen molar-refractivity contribution in [1.82, 2.24) is 0 Å². The number of carbonyl (C=O) groups is 1. The zero-order valence-corrected chi connectivity index (χ0v) is 14.3. The number of ether oxygens (including phenoxy) is 1. The quantitative estimate of drug-likeness (QED) is 0.852.